The molecule has 1 rings (SSSR count). The Labute approximate surface area is 137 Å². The lowest BCUT2D eigenvalue weighted by Gasteiger charge is -2.09. The average Bonchev–Trinajstić information content (AvgIpc) is 2.27. The molecular formula is C10H9I2O6S-. The zero-order valence-corrected chi connectivity index (χ0v) is 14.6. The largest absolute Gasteiger partial charge is 0.748 e. The minimum absolute atomic E-state index is 0.0151. The zero-order valence-electron chi connectivity index (χ0n) is 9.43. The summed E-state index contributed by atoms with van der Waals surface area (Å²) in [5, 5.41) is 9.72. The Balaban J connectivity index is 2.64. The standard InChI is InChI=1S/C10H10I2O6S/c11-6-4-7(9(13)8(12)5-6)10(14)18-2-1-3-19(15,16)17/h4-5,13H,1-3H2,(H,15,16,17)/p-1. The van der Waals surface area contributed by atoms with Gasteiger partial charge in [0.1, 0.15) is 11.3 Å². The second-order valence-corrected chi connectivity index (χ2v) is 7.47. The summed E-state index contributed by atoms with van der Waals surface area (Å²) in [5.41, 5.74) is 0.0151. The molecule has 0 aromatic heterocycles. The number of rotatable bonds is 5. The van der Waals surface area contributed by atoms with Crippen molar-refractivity contribution in [1.29, 1.82) is 0 Å². The fraction of sp³-hybridized carbons (Fsp3) is 0.300. The topological polar surface area (TPSA) is 104 Å². The van der Waals surface area contributed by atoms with Crippen LogP contribution in [0, 0.1) is 7.14 Å². The monoisotopic (exact) mass is 511 g/mol. The molecule has 0 spiro atoms. The molecule has 0 radical (unpaired) electrons. The van der Waals surface area contributed by atoms with Crippen LogP contribution in [0.25, 0.3) is 0 Å². The summed E-state index contributed by atoms with van der Waals surface area (Å²) in [7, 11) is -4.30. The number of aromatic hydroxyl groups is 1. The van der Waals surface area contributed by atoms with E-state index in [1.807, 2.05) is 45.2 Å². The predicted octanol–water partition coefficient (Wildman–Crippen LogP) is 1.69. The van der Waals surface area contributed by atoms with Crippen LogP contribution in [0.5, 0.6) is 5.75 Å². The summed E-state index contributed by atoms with van der Waals surface area (Å²) in [6, 6.07) is 3.15. The number of phenolic OH excluding ortho intramolecular Hbond substituents is 1. The first-order valence-corrected chi connectivity index (χ1v) is 8.73. The van der Waals surface area contributed by atoms with Gasteiger partial charge in [0.05, 0.1) is 20.3 Å². The van der Waals surface area contributed by atoms with E-state index >= 15 is 0 Å². The molecule has 106 valence electrons. The summed E-state index contributed by atoms with van der Waals surface area (Å²) >= 11 is 3.87. The number of hydrogen-bond acceptors (Lipinski definition) is 6. The van der Waals surface area contributed by atoms with Gasteiger partial charge in [0.25, 0.3) is 0 Å². The van der Waals surface area contributed by atoms with E-state index in [0.29, 0.717) is 3.57 Å². The third kappa shape index (κ3) is 5.79. The van der Waals surface area contributed by atoms with Gasteiger partial charge in [0.2, 0.25) is 0 Å². The van der Waals surface area contributed by atoms with E-state index in [1.54, 1.807) is 6.07 Å². The number of esters is 1. The molecule has 9 heteroatoms. The molecule has 1 aromatic carbocycles. The number of halogens is 2. The number of hydrogen-bond donors (Lipinski definition) is 1. The summed E-state index contributed by atoms with van der Waals surface area (Å²) in [6.45, 7) is -0.193. The van der Waals surface area contributed by atoms with E-state index in [2.05, 4.69) is 0 Å². The van der Waals surface area contributed by atoms with E-state index in [9.17, 15) is 22.9 Å². The summed E-state index contributed by atoms with van der Waals surface area (Å²) in [6.07, 6.45) is -0.0701. The van der Waals surface area contributed by atoms with Gasteiger partial charge in [-0.3, -0.25) is 0 Å². The van der Waals surface area contributed by atoms with Crippen LogP contribution in [-0.4, -0.2) is 36.4 Å². The number of phenols is 1. The Hall–Kier alpha value is -0.140. The quantitative estimate of drug-likeness (QED) is 0.280. The summed E-state index contributed by atoms with van der Waals surface area (Å²) in [5.74, 6) is -1.52. The van der Waals surface area contributed by atoms with Crippen LogP contribution in [-0.2, 0) is 14.9 Å². The van der Waals surface area contributed by atoms with Crippen molar-refractivity contribution in [2.75, 3.05) is 12.4 Å². The van der Waals surface area contributed by atoms with E-state index in [0.717, 1.165) is 3.57 Å². The van der Waals surface area contributed by atoms with Crippen molar-refractivity contribution in [3.63, 3.8) is 0 Å². The molecular weight excluding hydrogens is 502 g/mol. The van der Waals surface area contributed by atoms with Gasteiger partial charge in [-0.05, 0) is 63.7 Å². The van der Waals surface area contributed by atoms with Crippen molar-refractivity contribution >= 4 is 61.3 Å². The summed E-state index contributed by atoms with van der Waals surface area (Å²) < 4.78 is 37.1. The lowest BCUT2D eigenvalue weighted by Crippen LogP contribution is -2.11. The third-order valence-corrected chi connectivity index (χ3v) is 4.25. The van der Waals surface area contributed by atoms with Gasteiger partial charge >= 0.3 is 5.97 Å². The lowest BCUT2D eigenvalue weighted by atomic mass is 10.2. The molecule has 19 heavy (non-hydrogen) atoms. The molecule has 0 saturated carbocycles. The van der Waals surface area contributed by atoms with Gasteiger partial charge < -0.3 is 14.4 Å². The molecule has 6 nitrogen and oxygen atoms in total. The molecule has 0 aliphatic rings. The maximum atomic E-state index is 11.7. The molecule has 0 fully saturated rings. The van der Waals surface area contributed by atoms with Crippen molar-refractivity contribution in [2.24, 2.45) is 0 Å². The Morgan fingerprint density at radius 2 is 2.00 bits per heavy atom. The smallest absolute Gasteiger partial charge is 0.341 e. The molecule has 0 atom stereocenters. The van der Waals surface area contributed by atoms with Crippen molar-refractivity contribution in [3.8, 4) is 5.75 Å². The molecule has 1 aromatic rings. The Morgan fingerprint density at radius 1 is 1.37 bits per heavy atom. The van der Waals surface area contributed by atoms with Crippen molar-refractivity contribution in [3.05, 3.63) is 24.8 Å². The molecule has 0 aliphatic heterocycles. The number of carbonyl (C=O) groups is 1. The molecule has 0 amide bonds. The normalized spacial score (nSPS) is 11.3. The molecule has 0 bridgehead atoms. The van der Waals surface area contributed by atoms with Crippen LogP contribution in [0.15, 0.2) is 12.1 Å². The Kier molecular flexibility index (Phi) is 6.26. The first kappa shape index (κ1) is 16.9. The summed E-state index contributed by atoms with van der Waals surface area (Å²) in [4.78, 5) is 11.7. The number of ether oxygens (including phenoxy) is 1. The Morgan fingerprint density at radius 3 is 2.58 bits per heavy atom. The molecule has 0 heterocycles. The molecule has 0 aliphatic carbocycles. The van der Waals surface area contributed by atoms with E-state index in [4.69, 9.17) is 4.74 Å². The third-order valence-electron chi connectivity index (χ3n) is 2.02. The van der Waals surface area contributed by atoms with Crippen LogP contribution in [0.4, 0.5) is 0 Å². The molecule has 1 N–H and O–H groups in total. The van der Waals surface area contributed by atoms with Crippen LogP contribution in [0.2, 0.25) is 0 Å². The average molecular weight is 511 g/mol. The lowest BCUT2D eigenvalue weighted by molar-refractivity contribution is 0.0501. The van der Waals surface area contributed by atoms with Crippen molar-refractivity contribution in [1.82, 2.24) is 0 Å². The van der Waals surface area contributed by atoms with Gasteiger partial charge in [0, 0.05) is 9.32 Å². The Bertz CT molecular complexity index is 584. The zero-order chi connectivity index (χ0) is 14.6. The highest BCUT2D eigenvalue weighted by atomic mass is 127. The maximum Gasteiger partial charge on any atom is 0.341 e. The maximum absolute atomic E-state index is 11.7. The van der Waals surface area contributed by atoms with Crippen LogP contribution in [0.1, 0.15) is 16.8 Å². The highest BCUT2D eigenvalue weighted by molar-refractivity contribution is 14.1. The van der Waals surface area contributed by atoms with E-state index < -0.39 is 21.8 Å². The number of carbonyl (C=O) groups excluding carboxylic acids is 1. The van der Waals surface area contributed by atoms with Gasteiger partial charge in [-0.25, -0.2) is 13.2 Å². The predicted molar refractivity (Wildman–Crippen MR) is 83.0 cm³/mol. The SMILES string of the molecule is O=C(OCCCS(=O)(=O)[O-])c1cc(I)cc(I)c1O. The second kappa shape index (κ2) is 7.04. The highest BCUT2D eigenvalue weighted by Gasteiger charge is 2.16. The van der Waals surface area contributed by atoms with Crippen LogP contribution in [0.3, 0.4) is 0 Å². The molecule has 0 saturated heterocycles. The van der Waals surface area contributed by atoms with Gasteiger partial charge in [-0.2, -0.15) is 0 Å². The number of benzene rings is 1. The van der Waals surface area contributed by atoms with Gasteiger partial charge in [-0.1, -0.05) is 0 Å². The first-order chi connectivity index (χ1) is 8.70. The van der Waals surface area contributed by atoms with Crippen LogP contribution < -0.4 is 0 Å². The van der Waals surface area contributed by atoms with E-state index in [1.165, 1.54) is 6.07 Å². The fourth-order valence-electron chi connectivity index (χ4n) is 1.20. The highest BCUT2D eigenvalue weighted by Crippen LogP contribution is 2.27. The van der Waals surface area contributed by atoms with Crippen LogP contribution >= 0.6 is 45.2 Å². The minimum Gasteiger partial charge on any atom is -0.748 e. The molecule has 0 unspecified atom stereocenters. The van der Waals surface area contributed by atoms with Gasteiger partial charge in [0.15, 0.2) is 0 Å². The second-order valence-electron chi connectivity index (χ2n) is 3.54. The van der Waals surface area contributed by atoms with Crippen molar-refractivity contribution in [2.45, 2.75) is 6.42 Å². The first-order valence-electron chi connectivity index (χ1n) is 4.99. The van der Waals surface area contributed by atoms with E-state index in [-0.39, 0.29) is 24.3 Å². The van der Waals surface area contributed by atoms with Crippen molar-refractivity contribution < 1.29 is 27.6 Å². The minimum atomic E-state index is -4.30. The fourth-order valence-corrected chi connectivity index (χ4v) is 3.52. The van der Waals surface area contributed by atoms with Gasteiger partial charge in [-0.15, -0.1) is 0 Å².